The summed E-state index contributed by atoms with van der Waals surface area (Å²) in [4.78, 5) is 13.2. The molecule has 2 aromatic carbocycles. The number of aryl methyl sites for hydroxylation is 1. The van der Waals surface area contributed by atoms with Gasteiger partial charge in [-0.2, -0.15) is 0 Å². The van der Waals surface area contributed by atoms with Crippen molar-refractivity contribution in [2.75, 3.05) is 0 Å². The van der Waals surface area contributed by atoms with Crippen molar-refractivity contribution in [2.45, 2.75) is 50.5 Å². The molecule has 0 unspecified atom stereocenters. The topological polar surface area (TPSA) is 71.4 Å². The molecule has 1 aliphatic rings. The van der Waals surface area contributed by atoms with Crippen molar-refractivity contribution in [3.63, 3.8) is 0 Å². The zero-order valence-electron chi connectivity index (χ0n) is 17.8. The molecule has 0 aliphatic carbocycles. The summed E-state index contributed by atoms with van der Waals surface area (Å²) in [6.07, 6.45) is 0.353. The maximum absolute atomic E-state index is 14.2. The second kappa shape index (κ2) is 7.22. The second-order valence-corrected chi connectivity index (χ2v) is 11.6. The highest BCUT2D eigenvalue weighted by molar-refractivity contribution is 7.95. The molecule has 166 valence electrons. The van der Waals surface area contributed by atoms with Crippen molar-refractivity contribution in [3.8, 4) is 11.1 Å². The lowest BCUT2D eigenvalue weighted by atomic mass is 9.85. The minimum atomic E-state index is -4.05. The summed E-state index contributed by atoms with van der Waals surface area (Å²) < 4.78 is 63.6. The van der Waals surface area contributed by atoms with Crippen LogP contribution in [0.3, 0.4) is 0 Å². The van der Waals surface area contributed by atoms with E-state index in [1.54, 1.807) is 6.92 Å². The van der Waals surface area contributed by atoms with E-state index >= 15 is 0 Å². The minimum Gasteiger partial charge on any atom is -0.510 e. The van der Waals surface area contributed by atoms with Crippen LogP contribution in [0.25, 0.3) is 16.7 Å². The maximum atomic E-state index is 14.2. The Morgan fingerprint density at radius 2 is 1.45 bits per heavy atom. The van der Waals surface area contributed by atoms with Gasteiger partial charge < -0.3 is 5.11 Å². The molecule has 0 atom stereocenters. The summed E-state index contributed by atoms with van der Waals surface area (Å²) in [5.74, 6) is -4.75. The van der Waals surface area contributed by atoms with Crippen molar-refractivity contribution in [3.05, 3.63) is 64.7 Å². The van der Waals surface area contributed by atoms with Crippen LogP contribution < -0.4 is 0 Å². The van der Waals surface area contributed by atoms with Crippen LogP contribution in [0.4, 0.5) is 13.2 Å². The largest absolute Gasteiger partial charge is 0.510 e. The Balaban J connectivity index is 2.28. The molecule has 0 radical (unpaired) electrons. The number of Topliss-reactive ketones (excluding diaryl/α,β-unsaturated/α-hetero) is 1. The van der Waals surface area contributed by atoms with Gasteiger partial charge in [-0.05, 0) is 56.9 Å². The standard InChI is InChI=1S/C23H23F3O4S/c1-6-12-9-13(15-10-17(25)18(26)11-16(15)24)7-8-14(12)19-20(27)22(2,3)31(29,30)23(4,5)21(19)28/h7-11,27H,6H2,1-5H3. The maximum Gasteiger partial charge on any atom is 0.187 e. The van der Waals surface area contributed by atoms with Crippen molar-refractivity contribution in [1.29, 1.82) is 0 Å². The molecule has 0 saturated heterocycles. The van der Waals surface area contributed by atoms with Gasteiger partial charge in [-0.15, -0.1) is 0 Å². The SMILES string of the molecule is CCc1cc(-c2cc(F)c(F)cc2F)ccc1C1=C(O)C(C)(C)S(=O)(=O)C(C)(C)C1=O. The number of ketones is 1. The fourth-order valence-corrected chi connectivity index (χ4v) is 5.87. The van der Waals surface area contributed by atoms with E-state index in [1.165, 1.54) is 45.9 Å². The monoisotopic (exact) mass is 452 g/mol. The molecular formula is C23H23F3O4S. The van der Waals surface area contributed by atoms with Gasteiger partial charge in [-0.1, -0.05) is 25.1 Å². The quantitative estimate of drug-likeness (QED) is 0.654. The van der Waals surface area contributed by atoms with Crippen LogP contribution in [0.5, 0.6) is 0 Å². The van der Waals surface area contributed by atoms with E-state index in [0.29, 0.717) is 23.6 Å². The van der Waals surface area contributed by atoms with Gasteiger partial charge in [0.05, 0.1) is 5.57 Å². The average Bonchev–Trinajstić information content (AvgIpc) is 2.69. The van der Waals surface area contributed by atoms with Crippen molar-refractivity contribution in [1.82, 2.24) is 0 Å². The van der Waals surface area contributed by atoms with Crippen molar-refractivity contribution >= 4 is 21.2 Å². The Kier molecular flexibility index (Phi) is 5.37. The van der Waals surface area contributed by atoms with Gasteiger partial charge in [-0.3, -0.25) is 4.79 Å². The van der Waals surface area contributed by atoms with Crippen LogP contribution in [0.1, 0.15) is 45.7 Å². The fourth-order valence-electron chi connectivity index (χ4n) is 3.89. The molecule has 2 aromatic rings. The lowest BCUT2D eigenvalue weighted by molar-refractivity contribution is -0.115. The number of aliphatic hydroxyl groups is 1. The van der Waals surface area contributed by atoms with Gasteiger partial charge in [0.1, 0.15) is 21.1 Å². The molecule has 0 spiro atoms. The Morgan fingerprint density at radius 1 is 0.871 bits per heavy atom. The number of halogens is 3. The van der Waals surface area contributed by atoms with Crippen molar-refractivity contribution in [2.24, 2.45) is 0 Å². The number of carbonyl (C=O) groups excluding carboxylic acids is 1. The summed E-state index contributed by atoms with van der Waals surface area (Å²) in [5.41, 5.74) is 0.817. The minimum absolute atomic E-state index is 0.112. The molecule has 1 aliphatic heterocycles. The summed E-state index contributed by atoms with van der Waals surface area (Å²) in [6, 6.07) is 5.60. The van der Waals surface area contributed by atoms with Crippen LogP contribution in [-0.4, -0.2) is 28.8 Å². The van der Waals surface area contributed by atoms with Gasteiger partial charge in [0, 0.05) is 11.6 Å². The number of benzene rings is 2. The van der Waals surface area contributed by atoms with Gasteiger partial charge >= 0.3 is 0 Å². The van der Waals surface area contributed by atoms with E-state index < -0.39 is 48.3 Å². The smallest absolute Gasteiger partial charge is 0.187 e. The predicted octanol–water partition coefficient (Wildman–Crippen LogP) is 5.16. The third-order valence-corrected chi connectivity index (χ3v) is 9.07. The molecule has 8 heteroatoms. The molecule has 0 fully saturated rings. The zero-order valence-corrected chi connectivity index (χ0v) is 18.6. The van der Waals surface area contributed by atoms with E-state index in [4.69, 9.17) is 0 Å². The number of aliphatic hydroxyl groups excluding tert-OH is 1. The molecule has 3 rings (SSSR count). The van der Waals surface area contributed by atoms with Gasteiger partial charge in [0.2, 0.25) is 0 Å². The van der Waals surface area contributed by atoms with Gasteiger partial charge in [0.15, 0.2) is 27.3 Å². The highest BCUT2D eigenvalue weighted by Crippen LogP contribution is 2.46. The molecule has 4 nitrogen and oxygen atoms in total. The Morgan fingerprint density at radius 3 is 2.03 bits per heavy atom. The van der Waals surface area contributed by atoms with E-state index in [1.807, 2.05) is 0 Å². The first kappa shape index (κ1) is 23.1. The van der Waals surface area contributed by atoms with E-state index in [0.717, 1.165) is 6.07 Å². The summed E-state index contributed by atoms with van der Waals surface area (Å²) in [7, 11) is -4.05. The van der Waals surface area contributed by atoms with Gasteiger partial charge in [0.25, 0.3) is 0 Å². The van der Waals surface area contributed by atoms with E-state index in [2.05, 4.69) is 0 Å². The molecular weight excluding hydrogens is 429 g/mol. The van der Waals surface area contributed by atoms with Crippen LogP contribution in [0, 0.1) is 17.5 Å². The Hall–Kier alpha value is -2.61. The lowest BCUT2D eigenvalue weighted by Gasteiger charge is -2.40. The number of sulfone groups is 1. The van der Waals surface area contributed by atoms with Crippen LogP contribution in [0.2, 0.25) is 0 Å². The summed E-state index contributed by atoms with van der Waals surface area (Å²) in [6.45, 7) is 7.04. The van der Waals surface area contributed by atoms with Crippen LogP contribution in [0.15, 0.2) is 36.1 Å². The zero-order chi connectivity index (χ0) is 23.5. The highest BCUT2D eigenvalue weighted by atomic mass is 32.2. The lowest BCUT2D eigenvalue weighted by Crippen LogP contribution is -2.55. The first-order valence-electron chi connectivity index (χ1n) is 9.69. The molecule has 1 N–H and O–H groups in total. The Bertz CT molecular complexity index is 1240. The predicted molar refractivity (Wildman–Crippen MR) is 113 cm³/mol. The number of rotatable bonds is 3. The Labute approximate surface area is 179 Å². The molecule has 0 saturated carbocycles. The molecule has 1 heterocycles. The molecule has 0 bridgehead atoms. The normalized spacial score (nSPS) is 19.5. The van der Waals surface area contributed by atoms with E-state index in [9.17, 15) is 31.5 Å². The first-order valence-corrected chi connectivity index (χ1v) is 11.2. The summed E-state index contributed by atoms with van der Waals surface area (Å²) in [5, 5.41) is 10.8. The number of hydrogen-bond donors (Lipinski definition) is 1. The molecule has 0 amide bonds. The molecule has 0 aromatic heterocycles. The number of hydrogen-bond acceptors (Lipinski definition) is 4. The first-order chi connectivity index (χ1) is 14.2. The fraction of sp³-hybridized carbons (Fsp3) is 0.348. The average molecular weight is 452 g/mol. The number of carbonyl (C=O) groups is 1. The second-order valence-electron chi connectivity index (χ2n) is 8.55. The number of allylic oxidation sites excluding steroid dienone is 1. The highest BCUT2D eigenvalue weighted by Gasteiger charge is 2.58. The summed E-state index contributed by atoms with van der Waals surface area (Å²) >= 11 is 0. The van der Waals surface area contributed by atoms with Crippen LogP contribution >= 0.6 is 0 Å². The molecule has 31 heavy (non-hydrogen) atoms. The van der Waals surface area contributed by atoms with Crippen LogP contribution in [-0.2, 0) is 21.1 Å². The van der Waals surface area contributed by atoms with Gasteiger partial charge in [-0.25, -0.2) is 21.6 Å². The third kappa shape index (κ3) is 3.19. The third-order valence-electron chi connectivity index (χ3n) is 6.00. The van der Waals surface area contributed by atoms with E-state index in [-0.39, 0.29) is 16.7 Å². The van der Waals surface area contributed by atoms with Crippen molar-refractivity contribution < 1.29 is 31.5 Å².